The van der Waals surface area contributed by atoms with E-state index < -0.39 is 5.91 Å². The van der Waals surface area contributed by atoms with Crippen LogP contribution in [0.2, 0.25) is 0 Å². The summed E-state index contributed by atoms with van der Waals surface area (Å²) in [6.45, 7) is 0. The molecule has 1 heterocycles. The average molecular weight is 311 g/mol. The number of aromatic amines is 1. The predicted octanol–water partition coefficient (Wildman–Crippen LogP) is 2.25. The Bertz CT molecular complexity index is 804. The van der Waals surface area contributed by atoms with Crippen molar-refractivity contribution in [2.45, 2.75) is 0 Å². The molecule has 23 heavy (non-hydrogen) atoms. The van der Waals surface area contributed by atoms with Crippen molar-refractivity contribution in [1.82, 2.24) is 20.6 Å². The summed E-state index contributed by atoms with van der Waals surface area (Å²) < 4.78 is 10.9. The molecule has 1 aromatic heterocycles. The zero-order valence-corrected chi connectivity index (χ0v) is 12.2. The highest BCUT2D eigenvalue weighted by Gasteiger charge is 2.14. The molecule has 0 aliphatic rings. The van der Waals surface area contributed by atoms with Gasteiger partial charge in [0.1, 0.15) is 17.2 Å². The van der Waals surface area contributed by atoms with E-state index in [4.69, 9.17) is 9.47 Å². The van der Waals surface area contributed by atoms with E-state index in [-0.39, 0.29) is 5.95 Å². The molecule has 2 aromatic carbocycles. The predicted molar refractivity (Wildman–Crippen MR) is 81.6 cm³/mol. The standard InChI is InChI=1S/C15H13N5O3/c1-22-10-5-4-6-11(9-10)23-13-8-3-2-7-12(13)14(21)16-15-17-19-20-18-15/h2-9H,1H3,(H2,16,17,18,19,20,21). The molecule has 0 spiro atoms. The minimum atomic E-state index is -0.398. The Kier molecular flexibility index (Phi) is 4.14. The number of hydrogen-bond donors (Lipinski definition) is 2. The lowest BCUT2D eigenvalue weighted by atomic mass is 10.2. The molecule has 8 heteroatoms. The summed E-state index contributed by atoms with van der Waals surface area (Å²) in [6, 6.07) is 14.0. The normalized spacial score (nSPS) is 10.1. The lowest BCUT2D eigenvalue weighted by Crippen LogP contribution is -2.14. The number of para-hydroxylation sites is 1. The quantitative estimate of drug-likeness (QED) is 0.749. The molecule has 1 amide bonds. The van der Waals surface area contributed by atoms with Crippen molar-refractivity contribution in [3.63, 3.8) is 0 Å². The van der Waals surface area contributed by atoms with Crippen LogP contribution in [0.25, 0.3) is 0 Å². The van der Waals surface area contributed by atoms with Gasteiger partial charge < -0.3 is 9.47 Å². The van der Waals surface area contributed by atoms with Crippen LogP contribution in [0.3, 0.4) is 0 Å². The van der Waals surface area contributed by atoms with E-state index in [1.54, 1.807) is 49.6 Å². The van der Waals surface area contributed by atoms with Gasteiger partial charge in [-0.1, -0.05) is 23.3 Å². The first kappa shape index (κ1) is 14.5. The van der Waals surface area contributed by atoms with Crippen molar-refractivity contribution in [2.75, 3.05) is 12.4 Å². The Morgan fingerprint density at radius 2 is 1.96 bits per heavy atom. The Morgan fingerprint density at radius 3 is 2.74 bits per heavy atom. The van der Waals surface area contributed by atoms with Gasteiger partial charge in [-0.3, -0.25) is 10.1 Å². The smallest absolute Gasteiger partial charge is 0.270 e. The van der Waals surface area contributed by atoms with Gasteiger partial charge in [-0.05, 0) is 29.5 Å². The number of carbonyl (C=O) groups is 1. The summed E-state index contributed by atoms with van der Waals surface area (Å²) in [7, 11) is 1.57. The van der Waals surface area contributed by atoms with E-state index in [9.17, 15) is 4.79 Å². The third-order valence-corrected chi connectivity index (χ3v) is 2.97. The van der Waals surface area contributed by atoms with Crippen molar-refractivity contribution in [3.8, 4) is 17.2 Å². The number of nitrogens with one attached hydrogen (secondary N) is 2. The molecule has 0 aliphatic carbocycles. The van der Waals surface area contributed by atoms with Gasteiger partial charge in [-0.15, -0.1) is 5.10 Å². The number of H-pyrrole nitrogens is 1. The van der Waals surface area contributed by atoms with Crippen LogP contribution in [0, 0.1) is 0 Å². The second kappa shape index (κ2) is 6.56. The van der Waals surface area contributed by atoms with E-state index in [1.807, 2.05) is 6.07 Å². The number of methoxy groups -OCH3 is 1. The lowest BCUT2D eigenvalue weighted by Gasteiger charge is -2.11. The molecule has 3 rings (SSSR count). The first-order valence-corrected chi connectivity index (χ1v) is 6.72. The first-order valence-electron chi connectivity index (χ1n) is 6.72. The SMILES string of the molecule is COc1cccc(Oc2ccccc2C(=O)Nc2nn[nH]n2)c1. The van der Waals surface area contributed by atoms with Crippen molar-refractivity contribution in [3.05, 3.63) is 54.1 Å². The number of amides is 1. The number of hydrogen-bond acceptors (Lipinski definition) is 6. The van der Waals surface area contributed by atoms with E-state index in [0.29, 0.717) is 22.8 Å². The average Bonchev–Trinajstić information content (AvgIpc) is 3.08. The number of nitrogens with zero attached hydrogens (tertiary/aromatic N) is 3. The molecule has 3 aromatic rings. The molecule has 0 bridgehead atoms. The van der Waals surface area contributed by atoms with E-state index >= 15 is 0 Å². The number of benzene rings is 2. The molecule has 0 atom stereocenters. The van der Waals surface area contributed by atoms with Gasteiger partial charge in [-0.25, -0.2) is 0 Å². The van der Waals surface area contributed by atoms with Crippen LogP contribution < -0.4 is 14.8 Å². The van der Waals surface area contributed by atoms with Gasteiger partial charge >= 0.3 is 0 Å². The highest BCUT2D eigenvalue weighted by Crippen LogP contribution is 2.28. The van der Waals surface area contributed by atoms with Gasteiger partial charge in [-0.2, -0.15) is 5.21 Å². The van der Waals surface area contributed by atoms with Crippen molar-refractivity contribution >= 4 is 11.9 Å². The fourth-order valence-electron chi connectivity index (χ4n) is 1.92. The van der Waals surface area contributed by atoms with Crippen LogP contribution in [0.4, 0.5) is 5.95 Å². The maximum Gasteiger partial charge on any atom is 0.270 e. The van der Waals surface area contributed by atoms with Crippen LogP contribution in [-0.4, -0.2) is 33.6 Å². The molecule has 0 fully saturated rings. The Balaban J connectivity index is 1.83. The fraction of sp³-hybridized carbons (Fsp3) is 0.0667. The van der Waals surface area contributed by atoms with Gasteiger partial charge in [0.2, 0.25) is 0 Å². The molecule has 0 saturated carbocycles. The fourth-order valence-corrected chi connectivity index (χ4v) is 1.92. The Morgan fingerprint density at radius 1 is 1.13 bits per heavy atom. The Labute approximate surface area is 131 Å². The minimum absolute atomic E-state index is 0.0891. The summed E-state index contributed by atoms with van der Waals surface area (Å²) >= 11 is 0. The largest absolute Gasteiger partial charge is 0.497 e. The molecular formula is C15H13N5O3. The zero-order chi connectivity index (χ0) is 16.1. The summed E-state index contributed by atoms with van der Waals surface area (Å²) in [5, 5.41) is 15.5. The van der Waals surface area contributed by atoms with Crippen LogP contribution in [0.5, 0.6) is 17.2 Å². The molecule has 0 unspecified atom stereocenters. The van der Waals surface area contributed by atoms with Crippen molar-refractivity contribution in [1.29, 1.82) is 0 Å². The van der Waals surface area contributed by atoms with E-state index in [0.717, 1.165) is 0 Å². The summed E-state index contributed by atoms with van der Waals surface area (Å²) in [4.78, 5) is 12.3. The zero-order valence-electron chi connectivity index (χ0n) is 12.2. The molecule has 116 valence electrons. The monoisotopic (exact) mass is 311 g/mol. The van der Waals surface area contributed by atoms with Crippen LogP contribution in [-0.2, 0) is 0 Å². The Hall–Kier alpha value is -3.42. The lowest BCUT2D eigenvalue weighted by molar-refractivity contribution is 0.102. The third kappa shape index (κ3) is 3.43. The van der Waals surface area contributed by atoms with Crippen molar-refractivity contribution in [2.24, 2.45) is 0 Å². The van der Waals surface area contributed by atoms with Crippen molar-refractivity contribution < 1.29 is 14.3 Å². The van der Waals surface area contributed by atoms with Crippen LogP contribution >= 0.6 is 0 Å². The number of rotatable bonds is 5. The maximum absolute atomic E-state index is 12.3. The van der Waals surface area contributed by atoms with Gasteiger partial charge in [0, 0.05) is 6.07 Å². The second-order valence-electron chi connectivity index (χ2n) is 4.47. The number of aromatic nitrogens is 4. The molecule has 2 N–H and O–H groups in total. The molecule has 0 saturated heterocycles. The molecular weight excluding hydrogens is 298 g/mol. The minimum Gasteiger partial charge on any atom is -0.497 e. The highest BCUT2D eigenvalue weighted by atomic mass is 16.5. The van der Waals surface area contributed by atoms with Crippen LogP contribution in [0.1, 0.15) is 10.4 Å². The molecule has 0 aliphatic heterocycles. The number of anilines is 1. The summed E-state index contributed by atoms with van der Waals surface area (Å²) in [5.74, 6) is 1.32. The molecule has 8 nitrogen and oxygen atoms in total. The number of carbonyl (C=O) groups excluding carboxylic acids is 1. The summed E-state index contributed by atoms with van der Waals surface area (Å²) in [5.41, 5.74) is 0.347. The second-order valence-corrected chi connectivity index (χ2v) is 4.47. The van der Waals surface area contributed by atoms with Crippen LogP contribution in [0.15, 0.2) is 48.5 Å². The number of ether oxygens (including phenoxy) is 2. The van der Waals surface area contributed by atoms with E-state index in [2.05, 4.69) is 25.9 Å². The van der Waals surface area contributed by atoms with Gasteiger partial charge in [0.25, 0.3) is 11.9 Å². The molecule has 0 radical (unpaired) electrons. The number of tetrazole rings is 1. The maximum atomic E-state index is 12.3. The topological polar surface area (TPSA) is 102 Å². The third-order valence-electron chi connectivity index (χ3n) is 2.97. The van der Waals surface area contributed by atoms with E-state index in [1.165, 1.54) is 0 Å². The summed E-state index contributed by atoms with van der Waals surface area (Å²) in [6.07, 6.45) is 0. The first-order chi connectivity index (χ1) is 11.3. The highest BCUT2D eigenvalue weighted by molar-refractivity contribution is 6.05. The van der Waals surface area contributed by atoms with Gasteiger partial charge in [0.05, 0.1) is 12.7 Å². The van der Waals surface area contributed by atoms with Gasteiger partial charge in [0.15, 0.2) is 0 Å².